The molecule has 1 heterocycles. The van der Waals surface area contributed by atoms with Gasteiger partial charge >= 0.3 is 11.9 Å². The van der Waals surface area contributed by atoms with Gasteiger partial charge in [-0.25, -0.2) is 14.3 Å². The number of aromatic carboxylic acids is 1. The lowest BCUT2D eigenvalue weighted by atomic mass is 9.97. The van der Waals surface area contributed by atoms with Crippen molar-refractivity contribution in [2.24, 2.45) is 0 Å². The molecule has 0 radical (unpaired) electrons. The highest BCUT2D eigenvalue weighted by Crippen LogP contribution is 2.33. The molecule has 39 heavy (non-hydrogen) atoms. The molecular formula is C32H24N2O5. The molecule has 192 valence electrons. The first-order valence-electron chi connectivity index (χ1n) is 12.3. The van der Waals surface area contributed by atoms with E-state index in [0.717, 1.165) is 11.1 Å². The monoisotopic (exact) mass is 516 g/mol. The number of aryl methyl sites for hydroxylation is 2. The van der Waals surface area contributed by atoms with Gasteiger partial charge in [0.25, 0.3) is 0 Å². The van der Waals surface area contributed by atoms with Crippen LogP contribution < -0.4 is 4.74 Å². The minimum Gasteiger partial charge on any atom is -0.478 e. The molecule has 0 aliphatic rings. The maximum atomic E-state index is 14.0. The zero-order valence-electron chi connectivity index (χ0n) is 21.3. The molecule has 7 nitrogen and oxygen atoms in total. The summed E-state index contributed by atoms with van der Waals surface area (Å²) >= 11 is 0. The summed E-state index contributed by atoms with van der Waals surface area (Å²) in [5, 5.41) is 14.2. The van der Waals surface area contributed by atoms with E-state index in [1.165, 1.54) is 18.2 Å². The largest absolute Gasteiger partial charge is 0.478 e. The Morgan fingerprint density at radius 3 is 2.13 bits per heavy atom. The molecule has 0 fully saturated rings. The van der Waals surface area contributed by atoms with E-state index in [-0.39, 0.29) is 22.6 Å². The van der Waals surface area contributed by atoms with Crippen molar-refractivity contribution in [3.63, 3.8) is 0 Å². The summed E-state index contributed by atoms with van der Waals surface area (Å²) in [6, 6.07) is 29.5. The third-order valence-corrected chi connectivity index (χ3v) is 6.30. The van der Waals surface area contributed by atoms with Gasteiger partial charge < -0.3 is 9.84 Å². The smallest absolute Gasteiger partial charge is 0.365 e. The average Bonchev–Trinajstić information content (AvgIpc) is 3.35. The standard InChI is InChI=1S/C32H24N2O5/c1-20-17-18-21(2)25(19-20)34-29(22-11-5-3-6-12-22)27(30(35)23-13-7-4-8-14-23)28(33-34)32(38)39-26-16-10-9-15-24(26)31(36)37/h3-19H,1-2H3,(H,36,37). The zero-order valence-corrected chi connectivity index (χ0v) is 21.3. The number of ketones is 1. The van der Waals surface area contributed by atoms with Gasteiger partial charge in [0.2, 0.25) is 0 Å². The number of aromatic nitrogens is 2. The number of carboxylic acids is 1. The third-order valence-electron chi connectivity index (χ3n) is 6.30. The van der Waals surface area contributed by atoms with Crippen LogP contribution in [0.2, 0.25) is 0 Å². The molecule has 0 spiro atoms. The van der Waals surface area contributed by atoms with E-state index in [1.54, 1.807) is 41.1 Å². The van der Waals surface area contributed by atoms with Gasteiger partial charge in [-0.3, -0.25) is 4.79 Å². The summed E-state index contributed by atoms with van der Waals surface area (Å²) in [5.74, 6) is -2.74. The van der Waals surface area contributed by atoms with Gasteiger partial charge in [-0.15, -0.1) is 0 Å². The maximum absolute atomic E-state index is 14.0. The van der Waals surface area contributed by atoms with E-state index in [9.17, 15) is 19.5 Å². The average molecular weight is 517 g/mol. The Morgan fingerprint density at radius 1 is 0.795 bits per heavy atom. The van der Waals surface area contributed by atoms with Gasteiger partial charge in [0, 0.05) is 11.1 Å². The number of hydrogen-bond donors (Lipinski definition) is 1. The number of carbonyl (C=O) groups excluding carboxylic acids is 2. The minimum absolute atomic E-state index is 0.0612. The number of esters is 1. The first-order chi connectivity index (χ1) is 18.8. The molecule has 5 rings (SSSR count). The highest BCUT2D eigenvalue weighted by Gasteiger charge is 2.32. The van der Waals surface area contributed by atoms with Crippen molar-refractivity contribution >= 4 is 17.7 Å². The van der Waals surface area contributed by atoms with Crippen molar-refractivity contribution in [2.45, 2.75) is 13.8 Å². The summed E-state index contributed by atoms with van der Waals surface area (Å²) in [4.78, 5) is 39.4. The summed E-state index contributed by atoms with van der Waals surface area (Å²) in [6.07, 6.45) is 0. The third kappa shape index (κ3) is 4.98. The Bertz CT molecular complexity index is 1710. The molecule has 0 unspecified atom stereocenters. The zero-order chi connectivity index (χ0) is 27.5. The predicted octanol–water partition coefficient (Wildman–Crippen LogP) is 6.30. The van der Waals surface area contributed by atoms with Gasteiger partial charge in [0.1, 0.15) is 11.3 Å². The Hall–Kier alpha value is -5.30. The fraction of sp³-hybridized carbons (Fsp3) is 0.0625. The number of ether oxygens (including phenoxy) is 1. The van der Waals surface area contributed by atoms with Crippen LogP contribution in [-0.4, -0.2) is 32.6 Å². The van der Waals surface area contributed by atoms with Crippen molar-refractivity contribution in [2.75, 3.05) is 0 Å². The quantitative estimate of drug-likeness (QED) is 0.155. The lowest BCUT2D eigenvalue weighted by Crippen LogP contribution is -2.16. The molecule has 0 saturated heterocycles. The van der Waals surface area contributed by atoms with E-state index in [2.05, 4.69) is 5.10 Å². The Morgan fingerprint density at radius 2 is 1.44 bits per heavy atom. The predicted molar refractivity (Wildman–Crippen MR) is 147 cm³/mol. The first kappa shape index (κ1) is 25.4. The molecule has 1 aromatic heterocycles. The molecule has 7 heteroatoms. The van der Waals surface area contributed by atoms with Crippen LogP contribution in [0.1, 0.15) is 47.9 Å². The number of benzene rings is 4. The van der Waals surface area contributed by atoms with E-state index in [4.69, 9.17) is 4.74 Å². The molecule has 1 N–H and O–H groups in total. The summed E-state index contributed by atoms with van der Waals surface area (Å²) < 4.78 is 7.16. The Balaban J connectivity index is 1.79. The Kier molecular flexibility index (Phi) is 6.89. The lowest BCUT2D eigenvalue weighted by Gasteiger charge is -2.13. The van der Waals surface area contributed by atoms with Crippen LogP contribution in [0.3, 0.4) is 0 Å². The molecule has 0 saturated carbocycles. The normalized spacial score (nSPS) is 10.7. The molecular weight excluding hydrogens is 492 g/mol. The van der Waals surface area contributed by atoms with Crippen LogP contribution in [0, 0.1) is 13.8 Å². The van der Waals surface area contributed by atoms with Crippen LogP contribution >= 0.6 is 0 Å². The van der Waals surface area contributed by atoms with Crippen LogP contribution in [0.4, 0.5) is 0 Å². The van der Waals surface area contributed by atoms with Gasteiger partial charge in [-0.2, -0.15) is 5.10 Å². The summed E-state index contributed by atoms with van der Waals surface area (Å²) in [6.45, 7) is 3.87. The van der Waals surface area contributed by atoms with Crippen molar-refractivity contribution in [1.29, 1.82) is 0 Å². The summed E-state index contributed by atoms with van der Waals surface area (Å²) in [5.41, 5.74) is 3.69. The number of nitrogens with zero attached hydrogens (tertiary/aromatic N) is 2. The second-order valence-electron chi connectivity index (χ2n) is 9.03. The number of hydrogen-bond acceptors (Lipinski definition) is 5. The number of rotatable bonds is 7. The van der Waals surface area contributed by atoms with Crippen molar-refractivity contribution in [3.05, 3.63) is 137 Å². The van der Waals surface area contributed by atoms with Gasteiger partial charge in [0.05, 0.1) is 16.9 Å². The van der Waals surface area contributed by atoms with E-state index in [1.807, 2.05) is 62.4 Å². The van der Waals surface area contributed by atoms with Crippen molar-refractivity contribution in [3.8, 4) is 22.7 Å². The molecule has 0 aliphatic heterocycles. The van der Waals surface area contributed by atoms with Crippen LogP contribution in [0.25, 0.3) is 16.9 Å². The van der Waals surface area contributed by atoms with Gasteiger partial charge in [0.15, 0.2) is 11.5 Å². The molecule has 4 aromatic carbocycles. The number of carbonyl (C=O) groups is 3. The van der Waals surface area contributed by atoms with Crippen LogP contribution in [0.15, 0.2) is 103 Å². The van der Waals surface area contributed by atoms with E-state index >= 15 is 0 Å². The van der Waals surface area contributed by atoms with Crippen LogP contribution in [0.5, 0.6) is 5.75 Å². The SMILES string of the molecule is Cc1ccc(C)c(-n2nc(C(=O)Oc3ccccc3C(=O)O)c(C(=O)c3ccccc3)c2-c2ccccc2)c1. The fourth-order valence-corrected chi connectivity index (χ4v) is 4.37. The van der Waals surface area contributed by atoms with Gasteiger partial charge in [-0.1, -0.05) is 84.9 Å². The number of para-hydroxylation sites is 1. The molecule has 0 bridgehead atoms. The topological polar surface area (TPSA) is 98.5 Å². The van der Waals surface area contributed by atoms with Crippen molar-refractivity contribution < 1.29 is 24.2 Å². The van der Waals surface area contributed by atoms with E-state index in [0.29, 0.717) is 22.5 Å². The number of carboxylic acid groups (broad SMARTS) is 1. The second-order valence-corrected chi connectivity index (χ2v) is 9.03. The molecule has 0 atom stereocenters. The molecule has 5 aromatic rings. The molecule has 0 aliphatic carbocycles. The fourth-order valence-electron chi connectivity index (χ4n) is 4.37. The summed E-state index contributed by atoms with van der Waals surface area (Å²) in [7, 11) is 0. The highest BCUT2D eigenvalue weighted by atomic mass is 16.5. The minimum atomic E-state index is -1.25. The first-order valence-corrected chi connectivity index (χ1v) is 12.3. The van der Waals surface area contributed by atoms with Crippen molar-refractivity contribution in [1.82, 2.24) is 9.78 Å². The maximum Gasteiger partial charge on any atom is 0.365 e. The molecule has 0 amide bonds. The van der Waals surface area contributed by atoms with Crippen LogP contribution in [-0.2, 0) is 0 Å². The highest BCUT2D eigenvalue weighted by molar-refractivity contribution is 6.17. The Labute approximate surface area is 224 Å². The lowest BCUT2D eigenvalue weighted by molar-refractivity contribution is 0.0678. The van der Waals surface area contributed by atoms with Gasteiger partial charge in [-0.05, 0) is 43.2 Å². The second kappa shape index (κ2) is 10.6. The van der Waals surface area contributed by atoms with E-state index < -0.39 is 17.7 Å².